The van der Waals surface area contributed by atoms with Gasteiger partial charge in [0.25, 0.3) is 21.7 Å². The summed E-state index contributed by atoms with van der Waals surface area (Å²) in [5, 5.41) is 11.0. The van der Waals surface area contributed by atoms with Crippen molar-refractivity contribution < 1.29 is 22.7 Å². The van der Waals surface area contributed by atoms with E-state index in [4.69, 9.17) is 4.55 Å². The average molecular weight is 512 g/mol. The van der Waals surface area contributed by atoms with E-state index < -0.39 is 20.8 Å². The molecule has 0 aromatic heterocycles. The highest BCUT2D eigenvalue weighted by atomic mass is 32.2. The van der Waals surface area contributed by atoms with Gasteiger partial charge in [-0.1, -0.05) is 90.4 Å². The first-order valence-corrected chi connectivity index (χ1v) is 14.8. The van der Waals surface area contributed by atoms with Crippen LogP contribution in [-0.2, 0) is 10.1 Å². The van der Waals surface area contributed by atoms with E-state index in [1.807, 2.05) is 0 Å². The molecule has 0 aliphatic carbocycles. The lowest BCUT2D eigenvalue weighted by Gasteiger charge is -2.22. The van der Waals surface area contributed by atoms with Gasteiger partial charge in [0.1, 0.15) is 0 Å². The number of non-ortho nitro benzene ring substituents is 1. The van der Waals surface area contributed by atoms with Gasteiger partial charge in [-0.15, -0.1) is 0 Å². The molecule has 1 aromatic rings. The standard InChI is InChI=1S/C26H43N2O6S/c1-2-3-4-5-6-7-8-9-10-11-12-13-14-15-20-27(21-17-22-35(32,33)34)26(29)24-18-16-19-25(23-24)28(30)31/h16,18,23H,2-15,17,20-22H2,1H3,(H,32,33,34). The molecular weight excluding hydrogens is 468 g/mol. The molecular formula is C26H43N2O6S. The topological polar surface area (TPSA) is 118 Å². The predicted octanol–water partition coefficient (Wildman–Crippen LogP) is 6.60. The van der Waals surface area contributed by atoms with Gasteiger partial charge in [0.05, 0.1) is 16.7 Å². The summed E-state index contributed by atoms with van der Waals surface area (Å²) in [5.74, 6) is -0.815. The van der Waals surface area contributed by atoms with Crippen molar-refractivity contribution >= 4 is 21.7 Å². The third-order valence-electron chi connectivity index (χ3n) is 6.13. The number of carbonyl (C=O) groups excluding carboxylic acids is 1. The van der Waals surface area contributed by atoms with Gasteiger partial charge < -0.3 is 4.90 Å². The lowest BCUT2D eigenvalue weighted by molar-refractivity contribution is -0.385. The number of benzene rings is 1. The Kier molecular flexibility index (Phi) is 16.2. The molecule has 0 heterocycles. The molecule has 35 heavy (non-hydrogen) atoms. The zero-order valence-corrected chi connectivity index (χ0v) is 22.1. The summed E-state index contributed by atoms with van der Waals surface area (Å²) >= 11 is 0. The highest BCUT2D eigenvalue weighted by Crippen LogP contribution is 2.16. The maximum Gasteiger partial charge on any atom is 0.278 e. The van der Waals surface area contributed by atoms with Crippen molar-refractivity contribution in [1.82, 2.24) is 4.90 Å². The SMILES string of the molecule is CCCCCCCCCCCCCCCCN(CCCS(=O)(=O)O)C(=O)c1cc[c]c([N+](=O)[O-])c1. The molecule has 0 aliphatic heterocycles. The van der Waals surface area contributed by atoms with Crippen molar-refractivity contribution in [2.24, 2.45) is 0 Å². The van der Waals surface area contributed by atoms with Gasteiger partial charge in [-0.25, -0.2) is 0 Å². The van der Waals surface area contributed by atoms with Crippen LogP contribution in [-0.4, -0.2) is 47.5 Å². The molecule has 1 radical (unpaired) electrons. The second-order valence-electron chi connectivity index (χ2n) is 9.25. The first-order chi connectivity index (χ1) is 16.7. The molecule has 0 aliphatic rings. The Morgan fingerprint density at radius 2 is 1.40 bits per heavy atom. The number of hydrogen-bond donors (Lipinski definition) is 1. The quantitative estimate of drug-likeness (QED) is 0.0860. The van der Waals surface area contributed by atoms with E-state index in [0.29, 0.717) is 6.54 Å². The predicted molar refractivity (Wildman–Crippen MR) is 139 cm³/mol. The summed E-state index contributed by atoms with van der Waals surface area (Å²) in [6.45, 7) is 2.83. The summed E-state index contributed by atoms with van der Waals surface area (Å²) in [5.41, 5.74) is -0.113. The first-order valence-electron chi connectivity index (χ1n) is 13.1. The number of nitro groups is 1. The molecule has 9 heteroatoms. The van der Waals surface area contributed by atoms with Crippen LogP contribution in [0, 0.1) is 16.2 Å². The minimum Gasteiger partial charge on any atom is -0.339 e. The van der Waals surface area contributed by atoms with Crippen LogP contribution < -0.4 is 0 Å². The molecule has 1 amide bonds. The normalized spacial score (nSPS) is 11.5. The fourth-order valence-electron chi connectivity index (χ4n) is 4.12. The van der Waals surface area contributed by atoms with Crippen LogP contribution in [0.15, 0.2) is 18.2 Å². The van der Waals surface area contributed by atoms with Gasteiger partial charge in [-0.05, 0) is 25.0 Å². The molecule has 0 fully saturated rings. The number of hydrogen-bond acceptors (Lipinski definition) is 5. The molecule has 1 aromatic carbocycles. The van der Waals surface area contributed by atoms with E-state index in [1.165, 1.54) is 87.3 Å². The number of rotatable bonds is 21. The summed E-state index contributed by atoms with van der Waals surface area (Å²) in [4.78, 5) is 24.8. The Bertz CT molecular complexity index is 844. The van der Waals surface area contributed by atoms with Crippen LogP contribution in [0.25, 0.3) is 0 Å². The molecule has 1 N–H and O–H groups in total. The van der Waals surface area contributed by atoms with E-state index in [-0.39, 0.29) is 30.1 Å². The Balaban J connectivity index is 2.34. The van der Waals surface area contributed by atoms with E-state index in [0.717, 1.165) is 25.7 Å². The maximum absolute atomic E-state index is 12.9. The fraction of sp³-hybridized carbons (Fsp3) is 0.731. The second-order valence-corrected chi connectivity index (χ2v) is 10.8. The van der Waals surface area contributed by atoms with E-state index in [2.05, 4.69) is 13.0 Å². The molecule has 0 atom stereocenters. The largest absolute Gasteiger partial charge is 0.339 e. The zero-order valence-electron chi connectivity index (χ0n) is 21.3. The minimum absolute atomic E-state index is 0.101. The molecule has 0 unspecified atom stereocenters. The Morgan fingerprint density at radius 3 is 1.89 bits per heavy atom. The first kappa shape index (κ1) is 31.0. The Hall–Kier alpha value is -2.00. The van der Waals surface area contributed by atoms with Crippen molar-refractivity contribution in [2.75, 3.05) is 18.8 Å². The fourth-order valence-corrected chi connectivity index (χ4v) is 4.62. The smallest absolute Gasteiger partial charge is 0.278 e. The third kappa shape index (κ3) is 15.6. The van der Waals surface area contributed by atoms with E-state index in [1.54, 1.807) is 0 Å². The maximum atomic E-state index is 12.9. The van der Waals surface area contributed by atoms with E-state index in [9.17, 15) is 23.3 Å². The second kappa shape index (κ2) is 18.3. The number of amides is 1. The van der Waals surface area contributed by atoms with E-state index >= 15 is 0 Å². The van der Waals surface area contributed by atoms with Gasteiger partial charge in [0.15, 0.2) is 0 Å². The molecule has 1 rings (SSSR count). The Morgan fingerprint density at radius 1 is 0.914 bits per heavy atom. The summed E-state index contributed by atoms with van der Waals surface area (Å²) in [7, 11) is -4.11. The van der Waals surface area contributed by atoms with Crippen molar-refractivity contribution in [3.63, 3.8) is 0 Å². The molecule has 8 nitrogen and oxygen atoms in total. The molecule has 0 bridgehead atoms. The van der Waals surface area contributed by atoms with Crippen LogP contribution in [0.5, 0.6) is 0 Å². The van der Waals surface area contributed by atoms with Crippen LogP contribution in [0.4, 0.5) is 5.69 Å². The molecule has 199 valence electrons. The average Bonchev–Trinajstić information content (AvgIpc) is 2.82. The van der Waals surface area contributed by atoms with Gasteiger partial charge >= 0.3 is 0 Å². The van der Waals surface area contributed by atoms with Gasteiger partial charge in [-0.2, -0.15) is 8.42 Å². The highest BCUT2D eigenvalue weighted by Gasteiger charge is 2.19. The van der Waals surface area contributed by atoms with Gasteiger partial charge in [-0.3, -0.25) is 19.5 Å². The van der Waals surface area contributed by atoms with Crippen LogP contribution in [0.1, 0.15) is 114 Å². The number of unbranched alkanes of at least 4 members (excludes halogenated alkanes) is 13. The van der Waals surface area contributed by atoms with Crippen molar-refractivity contribution in [2.45, 2.75) is 103 Å². The lowest BCUT2D eigenvalue weighted by Crippen LogP contribution is -2.33. The van der Waals surface area contributed by atoms with Crippen LogP contribution in [0.3, 0.4) is 0 Å². The number of nitro benzene ring substituents is 1. The summed E-state index contributed by atoms with van der Waals surface area (Å²) in [6.07, 6.45) is 17.2. The van der Waals surface area contributed by atoms with Crippen LogP contribution >= 0.6 is 0 Å². The zero-order chi connectivity index (χ0) is 25.9. The van der Waals surface area contributed by atoms with Gasteiger partial charge in [0.2, 0.25) is 0 Å². The van der Waals surface area contributed by atoms with Gasteiger partial charge in [0, 0.05) is 24.7 Å². The third-order valence-corrected chi connectivity index (χ3v) is 6.93. The molecule has 0 saturated heterocycles. The van der Waals surface area contributed by atoms with Crippen molar-refractivity contribution in [3.8, 4) is 0 Å². The number of carbonyl (C=O) groups is 1. The summed E-state index contributed by atoms with van der Waals surface area (Å²) in [6, 6.07) is 6.47. The van der Waals surface area contributed by atoms with Crippen molar-refractivity contribution in [3.05, 3.63) is 39.9 Å². The minimum atomic E-state index is -4.11. The van der Waals surface area contributed by atoms with Crippen molar-refractivity contribution in [1.29, 1.82) is 0 Å². The highest BCUT2D eigenvalue weighted by molar-refractivity contribution is 7.85. The molecule has 0 saturated carbocycles. The Labute approximate surface area is 211 Å². The monoisotopic (exact) mass is 511 g/mol. The molecule has 0 spiro atoms. The number of nitrogens with zero attached hydrogens (tertiary/aromatic N) is 2. The lowest BCUT2D eigenvalue weighted by atomic mass is 10.0. The summed E-state index contributed by atoms with van der Waals surface area (Å²) < 4.78 is 31.1. The van der Waals surface area contributed by atoms with Crippen LogP contribution in [0.2, 0.25) is 0 Å².